The van der Waals surface area contributed by atoms with E-state index < -0.39 is 11.9 Å². The highest BCUT2D eigenvalue weighted by Crippen LogP contribution is 2.45. The van der Waals surface area contributed by atoms with E-state index in [0.29, 0.717) is 16.3 Å². The quantitative estimate of drug-likeness (QED) is 0.534. The van der Waals surface area contributed by atoms with Crippen molar-refractivity contribution in [2.45, 2.75) is 39.2 Å². The van der Waals surface area contributed by atoms with Crippen molar-refractivity contribution in [3.8, 4) is 22.8 Å². The number of carbonyl (C=O) groups is 2. The van der Waals surface area contributed by atoms with Crippen molar-refractivity contribution in [1.82, 2.24) is 9.97 Å². The Bertz CT molecular complexity index is 1340. The number of nitrogens with one attached hydrogen (secondary N) is 2. The van der Waals surface area contributed by atoms with Crippen LogP contribution in [0.2, 0.25) is 0 Å². The average Bonchev–Trinajstić information content (AvgIpc) is 2.82. The summed E-state index contributed by atoms with van der Waals surface area (Å²) in [6, 6.07) is 4.59. The number of carbonyl (C=O) groups excluding carboxylic acids is 2. The van der Waals surface area contributed by atoms with E-state index in [1.54, 1.807) is 12.1 Å². The van der Waals surface area contributed by atoms with Crippen LogP contribution in [-0.4, -0.2) is 41.8 Å². The Morgan fingerprint density at radius 1 is 1.23 bits per heavy atom. The molecule has 1 saturated carbocycles. The van der Waals surface area contributed by atoms with E-state index >= 15 is 4.39 Å². The fraction of sp³-hybridized carbons (Fsp3) is 0.360. The summed E-state index contributed by atoms with van der Waals surface area (Å²) in [4.78, 5) is 32.5. The molecule has 3 aromatic rings. The lowest BCUT2D eigenvalue weighted by Gasteiger charge is -2.43. The molecule has 1 aliphatic carbocycles. The third-order valence-corrected chi connectivity index (χ3v) is 6.70. The van der Waals surface area contributed by atoms with Gasteiger partial charge >= 0.3 is 6.09 Å². The van der Waals surface area contributed by atoms with Crippen molar-refractivity contribution in [2.24, 2.45) is 5.41 Å². The number of aromatic nitrogens is 2. The van der Waals surface area contributed by atoms with Crippen LogP contribution >= 0.6 is 0 Å². The molecular weight excluding hydrogens is 455 g/mol. The van der Waals surface area contributed by atoms with Crippen LogP contribution in [0.25, 0.3) is 21.9 Å². The number of hydrogen-bond donors (Lipinski definition) is 2. The van der Waals surface area contributed by atoms with Gasteiger partial charge in [-0.25, -0.2) is 19.2 Å². The molecule has 182 valence electrons. The third-order valence-electron chi connectivity index (χ3n) is 6.70. The molecule has 10 heteroatoms. The highest BCUT2D eigenvalue weighted by molar-refractivity contribution is 5.99. The van der Waals surface area contributed by atoms with Gasteiger partial charge in [-0.2, -0.15) is 0 Å². The number of ether oxygens (including phenoxy) is 3. The highest BCUT2D eigenvalue weighted by Gasteiger charge is 2.41. The average molecular weight is 480 g/mol. The van der Waals surface area contributed by atoms with E-state index in [0.717, 1.165) is 19.3 Å². The van der Waals surface area contributed by atoms with Crippen LogP contribution in [0.3, 0.4) is 0 Å². The predicted molar refractivity (Wildman–Crippen MR) is 127 cm³/mol. The number of anilines is 2. The molecule has 2 aromatic heterocycles. The van der Waals surface area contributed by atoms with Crippen LogP contribution in [0.1, 0.15) is 33.1 Å². The molecular formula is C25H25FN4O5. The Kier molecular flexibility index (Phi) is 5.66. The molecule has 5 rings (SSSR count). The second-order valence-corrected chi connectivity index (χ2v) is 9.20. The van der Waals surface area contributed by atoms with Crippen LogP contribution in [0.5, 0.6) is 11.6 Å². The number of hydrogen-bond acceptors (Lipinski definition) is 7. The summed E-state index contributed by atoms with van der Waals surface area (Å²) < 4.78 is 31.4. The smallest absolute Gasteiger partial charge is 0.413 e. The molecule has 1 aliphatic heterocycles. The molecule has 2 aliphatic rings. The van der Waals surface area contributed by atoms with Crippen molar-refractivity contribution < 1.29 is 28.2 Å². The van der Waals surface area contributed by atoms with E-state index in [1.807, 2.05) is 0 Å². The van der Waals surface area contributed by atoms with Gasteiger partial charge in [-0.05, 0) is 41.8 Å². The number of nitrogens with zero attached hydrogens (tertiary/aromatic N) is 2. The standard InChI is InChI=1S/C25H25FN4O5/c1-4-25(2)8-15(9-25)35-24(32)29-19-7-13-5-16(18(26)6-14(13)10-27-19)17-11-28-23-21(22(17)33-3)30-20(31)12-34-23/h5-7,10-11,15H,4,8-9,12H2,1-3H3,(H,30,31)(H,27,29,32). The number of rotatable bonds is 5. The molecule has 0 radical (unpaired) electrons. The fourth-order valence-electron chi connectivity index (χ4n) is 4.55. The number of benzene rings is 1. The van der Waals surface area contributed by atoms with Gasteiger partial charge in [0, 0.05) is 28.9 Å². The van der Waals surface area contributed by atoms with Gasteiger partial charge in [0.05, 0.1) is 7.11 Å². The van der Waals surface area contributed by atoms with Gasteiger partial charge in [0.2, 0.25) is 5.88 Å². The second-order valence-electron chi connectivity index (χ2n) is 9.20. The first kappa shape index (κ1) is 22.8. The van der Waals surface area contributed by atoms with Gasteiger partial charge in [-0.15, -0.1) is 0 Å². The molecule has 0 bridgehead atoms. The van der Waals surface area contributed by atoms with Crippen LogP contribution in [-0.2, 0) is 9.53 Å². The zero-order chi connectivity index (χ0) is 24.7. The Balaban J connectivity index is 1.42. The van der Waals surface area contributed by atoms with Crippen LogP contribution < -0.4 is 20.1 Å². The molecule has 2 amide bonds. The van der Waals surface area contributed by atoms with E-state index in [1.165, 1.54) is 25.6 Å². The second kappa shape index (κ2) is 8.68. The summed E-state index contributed by atoms with van der Waals surface area (Å²) in [6.45, 7) is 4.16. The first-order valence-corrected chi connectivity index (χ1v) is 11.4. The first-order valence-electron chi connectivity index (χ1n) is 11.4. The minimum Gasteiger partial charge on any atom is -0.494 e. The van der Waals surface area contributed by atoms with Gasteiger partial charge in [0.25, 0.3) is 5.91 Å². The normalized spacial score (nSPS) is 20.8. The number of methoxy groups -OCH3 is 1. The number of amides is 2. The molecule has 1 aromatic carbocycles. The highest BCUT2D eigenvalue weighted by atomic mass is 19.1. The molecule has 0 spiro atoms. The molecule has 9 nitrogen and oxygen atoms in total. The topological polar surface area (TPSA) is 112 Å². The maximum absolute atomic E-state index is 15.1. The lowest BCUT2D eigenvalue weighted by Crippen LogP contribution is -2.41. The van der Waals surface area contributed by atoms with E-state index in [4.69, 9.17) is 14.2 Å². The summed E-state index contributed by atoms with van der Waals surface area (Å²) in [5, 5.41) is 6.50. The van der Waals surface area contributed by atoms with Gasteiger partial charge < -0.3 is 19.5 Å². The van der Waals surface area contributed by atoms with Gasteiger partial charge in [0.15, 0.2) is 12.4 Å². The maximum atomic E-state index is 15.1. The minimum atomic E-state index is -0.571. The summed E-state index contributed by atoms with van der Waals surface area (Å²) in [5.41, 5.74) is 1.02. The minimum absolute atomic E-state index is 0.102. The van der Waals surface area contributed by atoms with Crippen molar-refractivity contribution in [1.29, 1.82) is 0 Å². The zero-order valence-electron chi connectivity index (χ0n) is 19.6. The zero-order valence-corrected chi connectivity index (χ0v) is 19.6. The van der Waals surface area contributed by atoms with Crippen molar-refractivity contribution in [3.63, 3.8) is 0 Å². The molecule has 2 N–H and O–H groups in total. The predicted octanol–water partition coefficient (Wildman–Crippen LogP) is 4.90. The Labute approximate surface area is 201 Å². The van der Waals surface area contributed by atoms with Crippen LogP contribution in [0.4, 0.5) is 20.7 Å². The van der Waals surface area contributed by atoms with Crippen molar-refractivity contribution in [3.05, 3.63) is 36.4 Å². The van der Waals surface area contributed by atoms with E-state index in [2.05, 4.69) is 34.4 Å². The summed E-state index contributed by atoms with van der Waals surface area (Å²) in [6.07, 6.45) is 4.96. The number of halogens is 1. The lowest BCUT2D eigenvalue weighted by molar-refractivity contribution is -0.118. The van der Waals surface area contributed by atoms with Gasteiger partial charge in [-0.1, -0.05) is 20.3 Å². The third kappa shape index (κ3) is 4.31. The summed E-state index contributed by atoms with van der Waals surface area (Å²) >= 11 is 0. The van der Waals surface area contributed by atoms with Gasteiger partial charge in [-0.3, -0.25) is 10.1 Å². The van der Waals surface area contributed by atoms with Crippen LogP contribution in [0, 0.1) is 11.2 Å². The van der Waals surface area contributed by atoms with E-state index in [9.17, 15) is 9.59 Å². The molecule has 35 heavy (non-hydrogen) atoms. The fourth-order valence-corrected chi connectivity index (χ4v) is 4.55. The Morgan fingerprint density at radius 3 is 2.77 bits per heavy atom. The SMILES string of the molecule is CCC1(C)CC(OC(=O)Nc2cc3cc(-c4cnc5c(c4OC)NC(=O)CO5)c(F)cc3cn2)C1. The van der Waals surface area contributed by atoms with E-state index in [-0.39, 0.29) is 52.7 Å². The molecule has 1 fully saturated rings. The van der Waals surface area contributed by atoms with Gasteiger partial charge in [0.1, 0.15) is 23.4 Å². The summed E-state index contributed by atoms with van der Waals surface area (Å²) in [5.74, 6) is -0.160. The lowest BCUT2D eigenvalue weighted by atomic mass is 9.67. The summed E-state index contributed by atoms with van der Waals surface area (Å²) in [7, 11) is 1.42. The molecule has 0 unspecified atom stereocenters. The maximum Gasteiger partial charge on any atom is 0.413 e. The van der Waals surface area contributed by atoms with Crippen molar-refractivity contribution in [2.75, 3.05) is 24.4 Å². The first-order chi connectivity index (χ1) is 16.8. The van der Waals surface area contributed by atoms with Crippen molar-refractivity contribution >= 4 is 34.3 Å². The largest absolute Gasteiger partial charge is 0.494 e. The Hall–Kier alpha value is -3.95. The van der Waals surface area contributed by atoms with Crippen LogP contribution in [0.15, 0.2) is 30.6 Å². The number of fused-ring (bicyclic) bond motifs is 2. The molecule has 3 heterocycles. The molecule has 0 saturated heterocycles. The molecule has 0 atom stereocenters. The Morgan fingerprint density at radius 2 is 2.03 bits per heavy atom. The number of pyridine rings is 2. The monoisotopic (exact) mass is 480 g/mol.